The second-order valence-electron chi connectivity index (χ2n) is 13.8. The molecule has 14 heteroatoms. The van der Waals surface area contributed by atoms with Gasteiger partial charge in [-0.05, 0) is 71.2 Å². The minimum absolute atomic E-state index is 0.106. The molecule has 4 N–H and O–H groups in total. The number of likely N-dealkylation sites (tertiary alicyclic amines) is 1. The predicted octanol–water partition coefficient (Wildman–Crippen LogP) is 5.79. The summed E-state index contributed by atoms with van der Waals surface area (Å²) in [7, 11) is 2.54. The summed E-state index contributed by atoms with van der Waals surface area (Å²) < 4.78 is 9.20. The molecule has 0 unspecified atom stereocenters. The van der Waals surface area contributed by atoms with E-state index in [1.807, 2.05) is 30.2 Å². The number of carbonyl (C=O) groups excluding carboxylic acids is 4. The van der Waals surface area contributed by atoms with Gasteiger partial charge in [0.05, 0.1) is 50.6 Å². The molecule has 4 amide bonds. The summed E-state index contributed by atoms with van der Waals surface area (Å²) in [5.74, 6) is 1.41. The number of methoxy groups -OCH3 is 2. The van der Waals surface area contributed by atoms with Crippen LogP contribution in [0.4, 0.5) is 9.59 Å². The van der Waals surface area contributed by atoms with Gasteiger partial charge in [0, 0.05) is 18.2 Å². The van der Waals surface area contributed by atoms with Crippen molar-refractivity contribution in [3.63, 3.8) is 0 Å². The van der Waals surface area contributed by atoms with E-state index in [1.54, 1.807) is 11.1 Å². The van der Waals surface area contributed by atoms with Gasteiger partial charge in [-0.3, -0.25) is 9.59 Å². The van der Waals surface area contributed by atoms with Gasteiger partial charge < -0.3 is 39.9 Å². The van der Waals surface area contributed by atoms with Crippen molar-refractivity contribution in [3.05, 3.63) is 84.7 Å². The van der Waals surface area contributed by atoms with Crippen molar-refractivity contribution >= 4 is 34.8 Å². The molecular weight excluding hydrogens is 688 g/mol. The van der Waals surface area contributed by atoms with Crippen molar-refractivity contribution in [2.75, 3.05) is 33.9 Å². The Bertz CT molecular complexity index is 2160. The molecule has 1 saturated carbocycles. The number of carbonyl (C=O) groups is 4. The van der Waals surface area contributed by atoms with Crippen LogP contribution < -0.4 is 10.6 Å². The summed E-state index contributed by atoms with van der Waals surface area (Å²) in [6, 6.07) is 21.0. The second-order valence-corrected chi connectivity index (χ2v) is 13.8. The molecular formula is C40H44N8O6. The van der Waals surface area contributed by atoms with Crippen LogP contribution in [-0.2, 0) is 25.6 Å². The van der Waals surface area contributed by atoms with Gasteiger partial charge in [0.15, 0.2) is 0 Å². The molecule has 14 nitrogen and oxygen atoms in total. The van der Waals surface area contributed by atoms with Crippen LogP contribution in [-0.4, -0.2) is 93.6 Å². The van der Waals surface area contributed by atoms with Gasteiger partial charge in [0.2, 0.25) is 11.8 Å². The van der Waals surface area contributed by atoms with E-state index in [9.17, 15) is 19.2 Å². The Labute approximate surface area is 312 Å². The van der Waals surface area contributed by atoms with Gasteiger partial charge in [-0.1, -0.05) is 55.5 Å². The van der Waals surface area contributed by atoms with Gasteiger partial charge in [0.25, 0.3) is 0 Å². The fraction of sp³-hybridized carbons (Fsp3) is 0.350. The van der Waals surface area contributed by atoms with Crippen molar-refractivity contribution in [3.8, 4) is 33.6 Å². The quantitative estimate of drug-likeness (QED) is 0.125. The summed E-state index contributed by atoms with van der Waals surface area (Å²) >= 11 is 0. The fourth-order valence-corrected chi connectivity index (χ4v) is 7.74. The van der Waals surface area contributed by atoms with Gasteiger partial charge in [-0.15, -0.1) is 0 Å². The Kier molecular flexibility index (Phi) is 10.6. The number of nitrogens with zero attached hydrogens (tertiary/aromatic N) is 4. The lowest BCUT2D eigenvalue weighted by Crippen LogP contribution is -2.45. The van der Waals surface area contributed by atoms with Crippen molar-refractivity contribution < 1.29 is 28.7 Å². The topological polar surface area (TPSA) is 175 Å². The number of rotatable bonds is 12. The number of alkyl carbamates (subject to hydrolysis) is 2. The number of imidazole rings is 2. The standard InChI is InChI=1S/C40H44N8O6/c1-4-15-47(35(49)21-43-39(51)53-2)23-34-41-19-32(45-34)25-7-5-24(6-8-25)26-9-10-28-17-29(12-11-27(28)16-26)33-20-42-38(46-33)37-30-13-14-31(18-30)48(37)36(50)22-44-40(52)54-3/h5-12,16-17,19-20,30-31,37H,4,13-15,18,21-23H2,1-3H3,(H,41,45)(H,42,46)(H,43,51)(H,44,52)/t30-,31+,37-/m0/s1. The minimum atomic E-state index is -0.648. The first-order chi connectivity index (χ1) is 26.2. The maximum Gasteiger partial charge on any atom is 0.407 e. The Balaban J connectivity index is 1.01. The fourth-order valence-electron chi connectivity index (χ4n) is 7.74. The van der Waals surface area contributed by atoms with Gasteiger partial charge in [-0.2, -0.15) is 0 Å². The van der Waals surface area contributed by atoms with Crippen molar-refractivity contribution in [2.45, 2.75) is 51.2 Å². The molecule has 0 radical (unpaired) electrons. The van der Waals surface area contributed by atoms with Crippen molar-refractivity contribution in [2.24, 2.45) is 5.92 Å². The number of fused-ring (bicyclic) bond motifs is 3. The zero-order valence-corrected chi connectivity index (χ0v) is 30.6. The molecule has 2 aliphatic rings. The van der Waals surface area contributed by atoms with Crippen LogP contribution in [0.25, 0.3) is 44.4 Å². The molecule has 54 heavy (non-hydrogen) atoms. The maximum absolute atomic E-state index is 13.2. The summed E-state index contributed by atoms with van der Waals surface area (Å²) in [4.78, 5) is 68.5. The van der Waals surface area contributed by atoms with Crippen LogP contribution in [0.2, 0.25) is 0 Å². The van der Waals surface area contributed by atoms with E-state index in [-0.39, 0.29) is 37.0 Å². The molecule has 2 fully saturated rings. The highest BCUT2D eigenvalue weighted by molar-refractivity contribution is 5.91. The monoisotopic (exact) mass is 732 g/mol. The molecule has 3 heterocycles. The minimum Gasteiger partial charge on any atom is -0.453 e. The predicted molar refractivity (Wildman–Crippen MR) is 202 cm³/mol. The normalized spacial score (nSPS) is 17.4. The number of H-pyrrole nitrogens is 2. The highest BCUT2D eigenvalue weighted by Crippen LogP contribution is 2.49. The molecule has 2 bridgehead atoms. The van der Waals surface area contributed by atoms with E-state index >= 15 is 0 Å². The lowest BCUT2D eigenvalue weighted by Gasteiger charge is -2.34. The van der Waals surface area contributed by atoms with Gasteiger partial charge in [-0.25, -0.2) is 19.6 Å². The van der Waals surface area contributed by atoms with E-state index in [1.165, 1.54) is 14.2 Å². The van der Waals surface area contributed by atoms with Crippen LogP contribution >= 0.6 is 0 Å². The third-order valence-electron chi connectivity index (χ3n) is 10.4. The number of nitrogens with one attached hydrogen (secondary N) is 4. The van der Waals surface area contributed by atoms with E-state index in [0.717, 1.165) is 75.9 Å². The SMILES string of the molecule is CCCN(Cc1ncc(-c2ccc(-c3ccc4cc(-c5cnc([C@@H]6[C@H]7CC[C@H](C7)N6C(=O)CNC(=O)OC)[nH]5)ccc4c3)cc2)[nH]1)C(=O)CNC(=O)OC. The average molecular weight is 733 g/mol. The Morgan fingerprint density at radius 2 is 1.43 bits per heavy atom. The highest BCUT2D eigenvalue weighted by atomic mass is 16.5. The molecule has 1 aliphatic heterocycles. The van der Waals surface area contributed by atoms with Crippen LogP contribution in [0.1, 0.15) is 50.3 Å². The molecule has 5 aromatic rings. The molecule has 1 saturated heterocycles. The zero-order valence-electron chi connectivity index (χ0n) is 30.6. The van der Waals surface area contributed by atoms with Crippen molar-refractivity contribution in [1.29, 1.82) is 0 Å². The van der Waals surface area contributed by atoms with E-state index in [2.05, 4.69) is 83.6 Å². The number of aromatic nitrogens is 4. The maximum atomic E-state index is 13.2. The molecule has 280 valence electrons. The van der Waals surface area contributed by atoms with E-state index in [0.29, 0.717) is 24.8 Å². The Morgan fingerprint density at radius 1 is 0.796 bits per heavy atom. The molecule has 3 atom stereocenters. The number of amides is 4. The number of hydrogen-bond acceptors (Lipinski definition) is 8. The van der Waals surface area contributed by atoms with Crippen LogP contribution in [0.15, 0.2) is 73.1 Å². The van der Waals surface area contributed by atoms with E-state index < -0.39 is 12.2 Å². The van der Waals surface area contributed by atoms with Crippen molar-refractivity contribution in [1.82, 2.24) is 40.4 Å². The van der Waals surface area contributed by atoms with Gasteiger partial charge in [0.1, 0.15) is 24.7 Å². The third-order valence-corrected chi connectivity index (χ3v) is 10.4. The molecule has 1 aliphatic carbocycles. The number of hydrogen-bond donors (Lipinski definition) is 4. The van der Waals surface area contributed by atoms with Crippen LogP contribution in [0.3, 0.4) is 0 Å². The number of benzene rings is 3. The van der Waals surface area contributed by atoms with Crippen LogP contribution in [0.5, 0.6) is 0 Å². The first kappa shape index (κ1) is 36.2. The number of piperidine rings is 1. The lowest BCUT2D eigenvalue weighted by molar-refractivity contribution is -0.135. The second kappa shape index (κ2) is 15.8. The summed E-state index contributed by atoms with van der Waals surface area (Å²) in [5.41, 5.74) is 5.87. The highest BCUT2D eigenvalue weighted by Gasteiger charge is 2.49. The Morgan fingerprint density at radius 3 is 2.15 bits per heavy atom. The first-order valence-corrected chi connectivity index (χ1v) is 18.2. The largest absolute Gasteiger partial charge is 0.453 e. The molecule has 3 aromatic carbocycles. The van der Waals surface area contributed by atoms with E-state index in [4.69, 9.17) is 4.98 Å². The molecule has 2 aromatic heterocycles. The summed E-state index contributed by atoms with van der Waals surface area (Å²) in [6.45, 7) is 2.57. The average Bonchev–Trinajstić information content (AvgIpc) is 4.04. The van der Waals surface area contributed by atoms with Crippen LogP contribution in [0, 0.1) is 5.92 Å². The Hall–Kier alpha value is -6.18. The zero-order chi connectivity index (χ0) is 37.8. The molecule has 7 rings (SSSR count). The number of ether oxygens (including phenoxy) is 2. The third kappa shape index (κ3) is 7.63. The number of aromatic amines is 2. The first-order valence-electron chi connectivity index (χ1n) is 18.2. The molecule has 0 spiro atoms. The summed E-state index contributed by atoms with van der Waals surface area (Å²) in [5, 5.41) is 7.16. The summed E-state index contributed by atoms with van der Waals surface area (Å²) in [6.07, 6.45) is 6.05. The smallest absolute Gasteiger partial charge is 0.407 e. The van der Waals surface area contributed by atoms with Gasteiger partial charge >= 0.3 is 12.2 Å². The lowest BCUT2D eigenvalue weighted by atomic mass is 9.97.